The van der Waals surface area contributed by atoms with Gasteiger partial charge in [-0.25, -0.2) is 8.42 Å². The molecule has 5 nitrogen and oxygen atoms in total. The third-order valence-electron chi connectivity index (χ3n) is 4.14. The lowest BCUT2D eigenvalue weighted by molar-refractivity contribution is 0.0698. The zero-order valence-corrected chi connectivity index (χ0v) is 17.4. The van der Waals surface area contributed by atoms with Crippen LogP contribution in [0, 0.1) is 0 Å². The van der Waals surface area contributed by atoms with E-state index in [2.05, 4.69) is 15.9 Å². The Balaban J connectivity index is 1.73. The average molecular weight is 478 g/mol. The van der Waals surface area contributed by atoms with E-state index in [0.29, 0.717) is 15.1 Å². The highest BCUT2D eigenvalue weighted by Crippen LogP contribution is 2.27. The van der Waals surface area contributed by atoms with E-state index in [4.69, 9.17) is 23.2 Å². The van der Waals surface area contributed by atoms with Gasteiger partial charge < -0.3 is 4.90 Å². The maximum atomic E-state index is 12.7. The van der Waals surface area contributed by atoms with Crippen molar-refractivity contribution in [3.63, 3.8) is 0 Å². The van der Waals surface area contributed by atoms with Crippen LogP contribution in [0.4, 0.5) is 0 Å². The fourth-order valence-electron chi connectivity index (χ4n) is 2.75. The molecular formula is C17H15BrCl2N2O3S. The van der Waals surface area contributed by atoms with Gasteiger partial charge in [-0.05, 0) is 30.3 Å². The van der Waals surface area contributed by atoms with Crippen LogP contribution in [-0.4, -0.2) is 49.7 Å². The van der Waals surface area contributed by atoms with E-state index in [9.17, 15) is 13.2 Å². The first-order valence-corrected chi connectivity index (χ1v) is 10.8. The summed E-state index contributed by atoms with van der Waals surface area (Å²) in [6.45, 7) is 1.02. The van der Waals surface area contributed by atoms with E-state index in [-0.39, 0.29) is 42.0 Å². The van der Waals surface area contributed by atoms with Gasteiger partial charge in [0.2, 0.25) is 10.0 Å². The van der Waals surface area contributed by atoms with E-state index in [1.165, 1.54) is 4.31 Å². The molecule has 1 fully saturated rings. The van der Waals surface area contributed by atoms with Crippen LogP contribution < -0.4 is 0 Å². The second-order valence-electron chi connectivity index (χ2n) is 5.76. The smallest absolute Gasteiger partial charge is 0.255 e. The van der Waals surface area contributed by atoms with Crippen LogP contribution in [-0.2, 0) is 10.0 Å². The second kappa shape index (κ2) is 7.86. The molecule has 9 heteroatoms. The summed E-state index contributed by atoms with van der Waals surface area (Å²) in [5.41, 5.74) is 0.322. The molecule has 0 aliphatic carbocycles. The van der Waals surface area contributed by atoms with Crippen molar-refractivity contribution in [3.8, 4) is 0 Å². The summed E-state index contributed by atoms with van der Waals surface area (Å²) in [6.07, 6.45) is 0. The second-order valence-corrected chi connectivity index (χ2v) is 9.39. The zero-order valence-electron chi connectivity index (χ0n) is 13.5. The minimum Gasteiger partial charge on any atom is -0.336 e. The minimum atomic E-state index is -3.59. The van der Waals surface area contributed by atoms with Crippen LogP contribution in [0.3, 0.4) is 0 Å². The number of hydrogen-bond donors (Lipinski definition) is 0. The number of halogens is 3. The Bertz CT molecular complexity index is 945. The SMILES string of the molecule is O=C(c1cccc(Cl)c1Cl)N1CCN(S(=O)(=O)c2cccc(Br)c2)CC1. The molecule has 0 bridgehead atoms. The van der Waals surface area contributed by atoms with E-state index in [0.717, 1.165) is 0 Å². The van der Waals surface area contributed by atoms with Crippen LogP contribution in [0.2, 0.25) is 10.0 Å². The van der Waals surface area contributed by atoms with Gasteiger partial charge in [0, 0.05) is 30.7 Å². The molecule has 0 unspecified atom stereocenters. The highest BCUT2D eigenvalue weighted by Gasteiger charge is 2.31. The molecule has 0 atom stereocenters. The summed E-state index contributed by atoms with van der Waals surface area (Å²) in [6, 6.07) is 11.5. The molecule has 1 aliphatic heterocycles. The molecule has 0 N–H and O–H groups in total. The van der Waals surface area contributed by atoms with Crippen molar-refractivity contribution in [2.45, 2.75) is 4.90 Å². The quantitative estimate of drug-likeness (QED) is 0.673. The van der Waals surface area contributed by atoms with Crippen molar-refractivity contribution in [2.75, 3.05) is 26.2 Å². The molecule has 0 spiro atoms. The fraction of sp³-hybridized carbons (Fsp3) is 0.235. The van der Waals surface area contributed by atoms with Gasteiger partial charge in [-0.3, -0.25) is 4.79 Å². The van der Waals surface area contributed by atoms with Gasteiger partial charge in [-0.15, -0.1) is 0 Å². The van der Waals surface area contributed by atoms with Crippen LogP contribution in [0.5, 0.6) is 0 Å². The van der Waals surface area contributed by atoms with Gasteiger partial charge in [-0.1, -0.05) is 51.3 Å². The largest absolute Gasteiger partial charge is 0.336 e. The van der Waals surface area contributed by atoms with E-state index >= 15 is 0 Å². The fourth-order valence-corrected chi connectivity index (χ4v) is 5.15. The standard InChI is InChI=1S/C17H15BrCl2N2O3S/c18-12-3-1-4-13(11-12)26(24,25)22-9-7-21(8-10-22)17(23)14-5-2-6-15(19)16(14)20/h1-6,11H,7-10H2. The molecule has 0 radical (unpaired) electrons. The number of nitrogens with zero attached hydrogens (tertiary/aromatic N) is 2. The first-order valence-electron chi connectivity index (χ1n) is 7.80. The predicted octanol–water partition coefficient (Wildman–Crippen LogP) is 3.90. The van der Waals surface area contributed by atoms with Gasteiger partial charge in [0.15, 0.2) is 0 Å². The monoisotopic (exact) mass is 476 g/mol. The Labute approximate surface area is 170 Å². The maximum absolute atomic E-state index is 12.7. The molecule has 138 valence electrons. The Morgan fingerprint density at radius 3 is 2.31 bits per heavy atom. The van der Waals surface area contributed by atoms with Crippen molar-refractivity contribution in [1.29, 1.82) is 0 Å². The molecule has 1 aliphatic rings. The molecule has 2 aromatic rings. The summed E-state index contributed by atoms with van der Waals surface area (Å²) in [5, 5.41) is 0.525. The third kappa shape index (κ3) is 3.92. The van der Waals surface area contributed by atoms with Crippen LogP contribution in [0.25, 0.3) is 0 Å². The predicted molar refractivity (Wildman–Crippen MR) is 105 cm³/mol. The summed E-state index contributed by atoms with van der Waals surface area (Å²) >= 11 is 15.4. The first kappa shape index (κ1) is 19.6. The van der Waals surface area contributed by atoms with E-state index in [1.807, 2.05) is 0 Å². The molecule has 1 amide bonds. The van der Waals surface area contributed by atoms with Crippen molar-refractivity contribution in [2.24, 2.45) is 0 Å². The Kier molecular flexibility index (Phi) is 5.94. The Morgan fingerprint density at radius 2 is 1.65 bits per heavy atom. The van der Waals surface area contributed by atoms with Gasteiger partial charge in [0.05, 0.1) is 20.5 Å². The zero-order chi connectivity index (χ0) is 18.9. The number of piperazine rings is 1. The lowest BCUT2D eigenvalue weighted by Gasteiger charge is -2.34. The summed E-state index contributed by atoms with van der Waals surface area (Å²) < 4.78 is 27.6. The molecule has 2 aromatic carbocycles. The molecule has 26 heavy (non-hydrogen) atoms. The molecule has 1 heterocycles. The minimum absolute atomic E-state index is 0.211. The highest BCUT2D eigenvalue weighted by molar-refractivity contribution is 9.10. The molecule has 3 rings (SSSR count). The topological polar surface area (TPSA) is 57.7 Å². The number of carbonyl (C=O) groups is 1. The summed E-state index contributed by atoms with van der Waals surface area (Å²) in [5.74, 6) is -0.253. The van der Waals surface area contributed by atoms with Crippen molar-refractivity contribution < 1.29 is 13.2 Å². The summed E-state index contributed by atoms with van der Waals surface area (Å²) in [7, 11) is -3.59. The lowest BCUT2D eigenvalue weighted by atomic mass is 10.2. The maximum Gasteiger partial charge on any atom is 0.255 e. The number of amides is 1. The number of carbonyl (C=O) groups excluding carboxylic acids is 1. The van der Waals surface area contributed by atoms with Gasteiger partial charge >= 0.3 is 0 Å². The number of rotatable bonds is 3. The average Bonchev–Trinajstić information content (AvgIpc) is 2.63. The van der Waals surface area contributed by atoms with Gasteiger partial charge in [-0.2, -0.15) is 4.31 Å². The van der Waals surface area contributed by atoms with E-state index in [1.54, 1.807) is 47.4 Å². The summed E-state index contributed by atoms with van der Waals surface area (Å²) in [4.78, 5) is 14.5. The molecule has 0 aromatic heterocycles. The Morgan fingerprint density at radius 1 is 1.00 bits per heavy atom. The Hall–Kier alpha value is -1.12. The lowest BCUT2D eigenvalue weighted by Crippen LogP contribution is -2.50. The molecule has 0 saturated carbocycles. The van der Waals surface area contributed by atoms with Gasteiger partial charge in [0.1, 0.15) is 0 Å². The van der Waals surface area contributed by atoms with Gasteiger partial charge in [0.25, 0.3) is 5.91 Å². The van der Waals surface area contributed by atoms with E-state index < -0.39 is 10.0 Å². The number of benzene rings is 2. The van der Waals surface area contributed by atoms with Crippen molar-refractivity contribution in [1.82, 2.24) is 9.21 Å². The van der Waals surface area contributed by atoms with Crippen molar-refractivity contribution >= 4 is 55.1 Å². The van der Waals surface area contributed by atoms with Crippen LogP contribution >= 0.6 is 39.1 Å². The number of hydrogen-bond acceptors (Lipinski definition) is 3. The molecular weight excluding hydrogens is 463 g/mol. The van der Waals surface area contributed by atoms with Crippen molar-refractivity contribution in [3.05, 3.63) is 62.5 Å². The number of sulfonamides is 1. The van der Waals surface area contributed by atoms with Crippen LogP contribution in [0.15, 0.2) is 51.8 Å². The first-order chi connectivity index (χ1) is 12.3. The van der Waals surface area contributed by atoms with Crippen LogP contribution in [0.1, 0.15) is 10.4 Å². The molecule has 1 saturated heterocycles. The normalized spacial score (nSPS) is 15.9. The third-order valence-corrected chi connectivity index (χ3v) is 7.35. The highest BCUT2D eigenvalue weighted by atomic mass is 79.9.